The van der Waals surface area contributed by atoms with Gasteiger partial charge in [0.2, 0.25) is 17.7 Å². The molecule has 1 aromatic rings. The third-order valence-electron chi connectivity index (χ3n) is 3.93. The summed E-state index contributed by atoms with van der Waals surface area (Å²) < 4.78 is 13.7. The van der Waals surface area contributed by atoms with Gasteiger partial charge in [-0.15, -0.1) is 0 Å². The molecule has 120 valence electrons. The SMILES string of the molecule is CC(=O)Nc1cc(F)cc2c1CN(C1CCC(=O)NC1=O)C2=O. The fourth-order valence-electron chi connectivity index (χ4n) is 2.93. The molecule has 0 saturated carbocycles. The van der Waals surface area contributed by atoms with E-state index in [9.17, 15) is 23.6 Å². The van der Waals surface area contributed by atoms with Crippen molar-refractivity contribution < 1.29 is 23.6 Å². The standard InChI is InChI=1S/C15H14FN3O4/c1-7(20)17-11-5-8(16)4-9-10(11)6-19(15(9)23)12-2-3-13(21)18-14(12)22/h4-5,12H,2-3,6H2,1H3,(H,17,20)(H,18,21,22). The summed E-state index contributed by atoms with van der Waals surface area (Å²) in [5.41, 5.74) is 0.811. The van der Waals surface area contributed by atoms with Crippen LogP contribution in [0.5, 0.6) is 0 Å². The largest absolute Gasteiger partial charge is 0.326 e. The molecule has 0 aliphatic carbocycles. The zero-order chi connectivity index (χ0) is 16.7. The molecule has 2 aliphatic heterocycles. The molecule has 7 nitrogen and oxygen atoms in total. The van der Waals surface area contributed by atoms with Crippen LogP contribution in [0, 0.1) is 5.82 Å². The summed E-state index contributed by atoms with van der Waals surface area (Å²) in [5.74, 6) is -2.43. The minimum absolute atomic E-state index is 0.0797. The molecule has 0 bridgehead atoms. The maximum atomic E-state index is 13.7. The zero-order valence-corrected chi connectivity index (χ0v) is 12.3. The van der Waals surface area contributed by atoms with Crippen LogP contribution in [-0.4, -0.2) is 34.6 Å². The van der Waals surface area contributed by atoms with E-state index in [1.165, 1.54) is 11.8 Å². The molecule has 0 aromatic heterocycles. The first kappa shape index (κ1) is 15.1. The average molecular weight is 319 g/mol. The first-order valence-electron chi connectivity index (χ1n) is 7.11. The van der Waals surface area contributed by atoms with E-state index < -0.39 is 23.7 Å². The lowest BCUT2D eigenvalue weighted by Gasteiger charge is -2.29. The Morgan fingerprint density at radius 1 is 1.35 bits per heavy atom. The van der Waals surface area contributed by atoms with Crippen molar-refractivity contribution in [3.8, 4) is 0 Å². The van der Waals surface area contributed by atoms with Gasteiger partial charge >= 0.3 is 0 Å². The van der Waals surface area contributed by atoms with Gasteiger partial charge in [0.25, 0.3) is 5.91 Å². The van der Waals surface area contributed by atoms with Crippen LogP contribution in [-0.2, 0) is 20.9 Å². The van der Waals surface area contributed by atoms with Crippen LogP contribution in [0.2, 0.25) is 0 Å². The third kappa shape index (κ3) is 2.67. The van der Waals surface area contributed by atoms with E-state index >= 15 is 0 Å². The topological polar surface area (TPSA) is 95.6 Å². The van der Waals surface area contributed by atoms with Crippen LogP contribution in [0.3, 0.4) is 0 Å². The van der Waals surface area contributed by atoms with Gasteiger partial charge in [-0.05, 0) is 18.6 Å². The fraction of sp³-hybridized carbons (Fsp3) is 0.333. The van der Waals surface area contributed by atoms with Crippen molar-refractivity contribution in [1.29, 1.82) is 0 Å². The van der Waals surface area contributed by atoms with E-state index in [1.807, 2.05) is 0 Å². The number of fused-ring (bicyclic) bond motifs is 1. The fourth-order valence-corrected chi connectivity index (χ4v) is 2.93. The zero-order valence-electron chi connectivity index (χ0n) is 12.3. The van der Waals surface area contributed by atoms with Crippen molar-refractivity contribution in [1.82, 2.24) is 10.2 Å². The molecule has 1 saturated heterocycles. The second kappa shape index (κ2) is 5.45. The molecule has 23 heavy (non-hydrogen) atoms. The van der Waals surface area contributed by atoms with Gasteiger partial charge in [-0.25, -0.2) is 4.39 Å². The van der Waals surface area contributed by atoms with E-state index in [1.54, 1.807) is 0 Å². The first-order valence-corrected chi connectivity index (χ1v) is 7.11. The van der Waals surface area contributed by atoms with Crippen LogP contribution in [0.1, 0.15) is 35.7 Å². The molecule has 2 aliphatic rings. The van der Waals surface area contributed by atoms with Crippen molar-refractivity contribution in [2.75, 3.05) is 5.32 Å². The van der Waals surface area contributed by atoms with Gasteiger partial charge in [-0.2, -0.15) is 0 Å². The molecule has 1 aromatic carbocycles. The molecule has 1 fully saturated rings. The minimum Gasteiger partial charge on any atom is -0.326 e. The highest BCUT2D eigenvalue weighted by atomic mass is 19.1. The molecule has 4 amide bonds. The molecule has 2 heterocycles. The Hall–Kier alpha value is -2.77. The van der Waals surface area contributed by atoms with Crippen LogP contribution >= 0.6 is 0 Å². The van der Waals surface area contributed by atoms with E-state index in [4.69, 9.17) is 0 Å². The highest BCUT2D eigenvalue weighted by Gasteiger charge is 2.40. The molecule has 3 rings (SSSR count). The third-order valence-corrected chi connectivity index (χ3v) is 3.93. The average Bonchev–Trinajstić information content (AvgIpc) is 2.76. The van der Waals surface area contributed by atoms with Gasteiger partial charge in [-0.3, -0.25) is 24.5 Å². The van der Waals surface area contributed by atoms with Gasteiger partial charge in [0.15, 0.2) is 0 Å². The number of rotatable bonds is 2. The van der Waals surface area contributed by atoms with Crippen molar-refractivity contribution >= 4 is 29.3 Å². The van der Waals surface area contributed by atoms with Crippen molar-refractivity contribution in [3.05, 3.63) is 29.1 Å². The van der Waals surface area contributed by atoms with Gasteiger partial charge < -0.3 is 10.2 Å². The summed E-state index contributed by atoms with van der Waals surface area (Å²) in [6.45, 7) is 1.36. The smallest absolute Gasteiger partial charge is 0.255 e. The summed E-state index contributed by atoms with van der Waals surface area (Å²) >= 11 is 0. The van der Waals surface area contributed by atoms with Gasteiger partial charge in [0, 0.05) is 36.7 Å². The number of hydrogen-bond donors (Lipinski definition) is 2. The van der Waals surface area contributed by atoms with E-state index in [2.05, 4.69) is 10.6 Å². The lowest BCUT2D eigenvalue weighted by molar-refractivity contribution is -0.137. The van der Waals surface area contributed by atoms with Gasteiger partial charge in [-0.1, -0.05) is 0 Å². The van der Waals surface area contributed by atoms with Crippen LogP contribution < -0.4 is 10.6 Å². The lowest BCUT2D eigenvalue weighted by atomic mass is 10.0. The predicted octanol–water partition coefficient (Wildman–Crippen LogP) is 0.545. The number of imide groups is 1. The van der Waals surface area contributed by atoms with E-state index in [-0.39, 0.29) is 42.5 Å². The Labute approximate surface area is 130 Å². The monoisotopic (exact) mass is 319 g/mol. The summed E-state index contributed by atoms with van der Waals surface area (Å²) in [5, 5.41) is 4.69. The van der Waals surface area contributed by atoms with Crippen LogP contribution in [0.4, 0.5) is 10.1 Å². The van der Waals surface area contributed by atoms with Crippen LogP contribution in [0.15, 0.2) is 12.1 Å². The molecular formula is C15H14FN3O4. The number of carbonyl (C=O) groups excluding carboxylic acids is 4. The van der Waals surface area contributed by atoms with Crippen LogP contribution in [0.25, 0.3) is 0 Å². The minimum atomic E-state index is -0.777. The second-order valence-corrected chi connectivity index (χ2v) is 5.56. The number of amides is 4. The normalized spacial score (nSPS) is 20.3. The highest BCUT2D eigenvalue weighted by molar-refractivity contribution is 6.06. The number of nitrogens with one attached hydrogen (secondary N) is 2. The van der Waals surface area contributed by atoms with Crippen molar-refractivity contribution in [2.24, 2.45) is 0 Å². The predicted molar refractivity (Wildman–Crippen MR) is 76.7 cm³/mol. The maximum Gasteiger partial charge on any atom is 0.255 e. The summed E-state index contributed by atoms with van der Waals surface area (Å²) in [4.78, 5) is 48.2. The number of benzene rings is 1. The summed E-state index contributed by atoms with van der Waals surface area (Å²) in [7, 11) is 0. The molecular weight excluding hydrogens is 305 g/mol. The number of nitrogens with zero attached hydrogens (tertiary/aromatic N) is 1. The summed E-state index contributed by atoms with van der Waals surface area (Å²) in [6, 6.07) is 1.46. The molecule has 1 unspecified atom stereocenters. The van der Waals surface area contributed by atoms with Crippen molar-refractivity contribution in [3.63, 3.8) is 0 Å². The molecule has 1 atom stereocenters. The Balaban J connectivity index is 1.94. The first-order chi connectivity index (χ1) is 10.9. The van der Waals surface area contributed by atoms with Gasteiger partial charge in [0.1, 0.15) is 11.9 Å². The Kier molecular flexibility index (Phi) is 3.59. The van der Waals surface area contributed by atoms with Gasteiger partial charge in [0.05, 0.1) is 0 Å². The molecule has 8 heteroatoms. The second-order valence-electron chi connectivity index (χ2n) is 5.56. The summed E-state index contributed by atoms with van der Waals surface area (Å²) in [6.07, 6.45) is 0.367. The number of halogens is 1. The Morgan fingerprint density at radius 3 is 2.74 bits per heavy atom. The number of piperidine rings is 1. The molecule has 0 spiro atoms. The number of carbonyl (C=O) groups is 4. The number of anilines is 1. The lowest BCUT2D eigenvalue weighted by Crippen LogP contribution is -2.52. The number of hydrogen-bond acceptors (Lipinski definition) is 4. The highest BCUT2D eigenvalue weighted by Crippen LogP contribution is 2.33. The Morgan fingerprint density at radius 2 is 2.09 bits per heavy atom. The van der Waals surface area contributed by atoms with E-state index in [0.29, 0.717) is 5.56 Å². The molecule has 2 N–H and O–H groups in total. The van der Waals surface area contributed by atoms with Crippen molar-refractivity contribution in [2.45, 2.75) is 32.4 Å². The Bertz CT molecular complexity index is 746. The maximum absolute atomic E-state index is 13.7. The molecule has 0 radical (unpaired) electrons. The quantitative estimate of drug-likeness (QED) is 0.778. The van der Waals surface area contributed by atoms with E-state index in [0.717, 1.165) is 12.1 Å².